The van der Waals surface area contributed by atoms with Crippen LogP contribution in [0.4, 0.5) is 5.88 Å². The average Bonchev–Trinajstić information content (AvgIpc) is 3.14. The lowest BCUT2D eigenvalue weighted by Gasteiger charge is -2.34. The van der Waals surface area contributed by atoms with E-state index in [-0.39, 0.29) is 5.91 Å². The van der Waals surface area contributed by atoms with Crippen LogP contribution in [0.1, 0.15) is 40.0 Å². The zero-order chi connectivity index (χ0) is 15.8. The Morgan fingerprint density at radius 2 is 2.13 bits per heavy atom. The van der Waals surface area contributed by atoms with Crippen LogP contribution in [0.3, 0.4) is 0 Å². The maximum Gasteiger partial charge on any atom is 0.264 e. The fourth-order valence-corrected chi connectivity index (χ4v) is 3.48. The van der Waals surface area contributed by atoms with E-state index in [1.165, 1.54) is 11.3 Å². The second kappa shape index (κ2) is 5.70. The van der Waals surface area contributed by atoms with Gasteiger partial charge in [0.15, 0.2) is 0 Å². The number of piperazine rings is 1. The number of oxazole rings is 1. The zero-order valence-electron chi connectivity index (χ0n) is 12.6. The Labute approximate surface area is 137 Å². The molecule has 6 nitrogen and oxygen atoms in total. The van der Waals surface area contributed by atoms with E-state index in [4.69, 9.17) is 4.42 Å². The molecule has 1 amide bonds. The van der Waals surface area contributed by atoms with Gasteiger partial charge in [-0.25, -0.2) is 4.98 Å². The van der Waals surface area contributed by atoms with E-state index in [0.29, 0.717) is 49.6 Å². The van der Waals surface area contributed by atoms with Crippen molar-refractivity contribution in [2.75, 3.05) is 31.1 Å². The number of carbonyl (C=O) groups is 1. The number of rotatable bonds is 3. The van der Waals surface area contributed by atoms with Crippen molar-refractivity contribution in [3.05, 3.63) is 34.0 Å². The molecule has 0 bridgehead atoms. The van der Waals surface area contributed by atoms with Gasteiger partial charge in [0.2, 0.25) is 17.5 Å². The number of hydrogen-bond acceptors (Lipinski definition) is 6. The number of thiophene rings is 1. The van der Waals surface area contributed by atoms with Gasteiger partial charge in [0, 0.05) is 32.1 Å². The molecule has 118 valence electrons. The first kappa shape index (κ1) is 14.3. The van der Waals surface area contributed by atoms with Crippen molar-refractivity contribution in [2.24, 2.45) is 0 Å². The van der Waals surface area contributed by atoms with Crippen LogP contribution in [0.25, 0.3) is 0 Å². The maximum atomic E-state index is 12.4. The predicted molar refractivity (Wildman–Crippen MR) is 85.6 cm³/mol. The summed E-state index contributed by atoms with van der Waals surface area (Å²) in [5.74, 6) is 1.72. The van der Waals surface area contributed by atoms with Gasteiger partial charge >= 0.3 is 0 Å². The molecule has 1 saturated heterocycles. The highest BCUT2D eigenvalue weighted by Gasteiger charge is 2.33. The third-order valence-electron chi connectivity index (χ3n) is 4.24. The molecular weight excluding hydrogens is 312 g/mol. The molecule has 0 atom stereocenters. The van der Waals surface area contributed by atoms with E-state index in [9.17, 15) is 10.1 Å². The van der Waals surface area contributed by atoms with E-state index in [0.717, 1.165) is 17.7 Å². The molecule has 23 heavy (non-hydrogen) atoms. The molecule has 0 unspecified atom stereocenters. The molecule has 0 N–H and O–H groups in total. The number of nitriles is 1. The molecule has 2 fully saturated rings. The smallest absolute Gasteiger partial charge is 0.264 e. The van der Waals surface area contributed by atoms with Crippen LogP contribution >= 0.6 is 11.3 Å². The zero-order valence-corrected chi connectivity index (χ0v) is 13.4. The van der Waals surface area contributed by atoms with Gasteiger partial charge in [0.25, 0.3) is 5.91 Å². The fraction of sp³-hybridized carbons (Fsp3) is 0.438. The fourth-order valence-electron chi connectivity index (χ4n) is 2.79. The molecule has 3 heterocycles. The summed E-state index contributed by atoms with van der Waals surface area (Å²) in [4.78, 5) is 21.3. The number of nitrogens with zero attached hydrogens (tertiary/aromatic N) is 4. The summed E-state index contributed by atoms with van der Waals surface area (Å²) in [5.41, 5.74) is 0.366. The minimum Gasteiger partial charge on any atom is -0.423 e. The number of hydrogen-bond donors (Lipinski definition) is 0. The summed E-state index contributed by atoms with van der Waals surface area (Å²) in [6, 6.07) is 5.87. The molecule has 2 aliphatic rings. The minimum absolute atomic E-state index is 0.0800. The number of anilines is 1. The molecule has 0 radical (unpaired) electrons. The Bertz CT molecular complexity index is 750. The first-order chi connectivity index (χ1) is 11.3. The van der Waals surface area contributed by atoms with E-state index in [2.05, 4.69) is 11.1 Å². The SMILES string of the molecule is N#Cc1nc(C2CC2)oc1N1CCN(C(=O)c2cccs2)CC1. The molecule has 0 aromatic carbocycles. The van der Waals surface area contributed by atoms with Gasteiger partial charge in [-0.15, -0.1) is 11.3 Å². The van der Waals surface area contributed by atoms with Gasteiger partial charge in [-0.2, -0.15) is 5.26 Å². The van der Waals surface area contributed by atoms with Gasteiger partial charge in [-0.05, 0) is 24.3 Å². The summed E-state index contributed by atoms with van der Waals surface area (Å²) in [6.07, 6.45) is 2.18. The first-order valence-corrected chi connectivity index (χ1v) is 8.63. The van der Waals surface area contributed by atoms with Gasteiger partial charge in [-0.3, -0.25) is 4.79 Å². The molecule has 1 saturated carbocycles. The average molecular weight is 328 g/mol. The van der Waals surface area contributed by atoms with Crippen molar-refractivity contribution in [3.63, 3.8) is 0 Å². The van der Waals surface area contributed by atoms with Crippen LogP contribution in [0.2, 0.25) is 0 Å². The lowest BCUT2D eigenvalue weighted by Crippen LogP contribution is -2.48. The first-order valence-electron chi connectivity index (χ1n) is 7.75. The van der Waals surface area contributed by atoms with E-state index in [1.54, 1.807) is 0 Å². The van der Waals surface area contributed by atoms with E-state index < -0.39 is 0 Å². The minimum atomic E-state index is 0.0800. The molecule has 7 heteroatoms. The number of amides is 1. The Balaban J connectivity index is 1.45. The Morgan fingerprint density at radius 1 is 1.35 bits per heavy atom. The second-order valence-corrected chi connectivity index (χ2v) is 6.80. The molecule has 2 aromatic heterocycles. The van der Waals surface area contributed by atoms with Crippen LogP contribution in [0, 0.1) is 11.3 Å². The lowest BCUT2D eigenvalue weighted by atomic mass is 10.3. The van der Waals surface area contributed by atoms with Crippen molar-refractivity contribution < 1.29 is 9.21 Å². The van der Waals surface area contributed by atoms with E-state index >= 15 is 0 Å². The molecule has 0 spiro atoms. The second-order valence-electron chi connectivity index (χ2n) is 5.85. The third kappa shape index (κ3) is 2.70. The quantitative estimate of drug-likeness (QED) is 0.865. The van der Waals surface area contributed by atoms with Crippen LogP contribution in [-0.2, 0) is 0 Å². The van der Waals surface area contributed by atoms with Crippen LogP contribution in [0.5, 0.6) is 0 Å². The Morgan fingerprint density at radius 3 is 2.74 bits per heavy atom. The van der Waals surface area contributed by atoms with Crippen molar-refractivity contribution in [3.8, 4) is 6.07 Å². The summed E-state index contributed by atoms with van der Waals surface area (Å²) in [5, 5.41) is 11.2. The monoisotopic (exact) mass is 328 g/mol. The van der Waals surface area contributed by atoms with Crippen molar-refractivity contribution in [2.45, 2.75) is 18.8 Å². The highest BCUT2D eigenvalue weighted by atomic mass is 32.1. The molecule has 4 rings (SSSR count). The number of aromatic nitrogens is 1. The summed E-state index contributed by atoms with van der Waals surface area (Å²) < 4.78 is 5.83. The number of carbonyl (C=O) groups excluding carboxylic acids is 1. The van der Waals surface area contributed by atoms with Crippen LogP contribution in [-0.4, -0.2) is 42.0 Å². The molecule has 2 aromatic rings. The summed E-state index contributed by atoms with van der Waals surface area (Å²) in [7, 11) is 0. The standard InChI is InChI=1S/C16H16N4O2S/c17-10-12-16(22-14(18-12)11-3-4-11)20-7-5-19(6-8-20)15(21)13-2-1-9-23-13/h1-2,9,11H,3-8H2. The molecule has 1 aliphatic carbocycles. The van der Waals surface area contributed by atoms with Crippen molar-refractivity contribution in [1.82, 2.24) is 9.88 Å². The molecule has 1 aliphatic heterocycles. The largest absolute Gasteiger partial charge is 0.423 e. The molecular formula is C16H16N4O2S. The third-order valence-corrected chi connectivity index (χ3v) is 5.10. The summed E-state index contributed by atoms with van der Waals surface area (Å²) in [6.45, 7) is 2.57. The Kier molecular flexibility index (Phi) is 3.54. The highest BCUT2D eigenvalue weighted by Crippen LogP contribution is 2.41. The van der Waals surface area contributed by atoms with Crippen LogP contribution < -0.4 is 4.90 Å². The van der Waals surface area contributed by atoms with Crippen molar-refractivity contribution in [1.29, 1.82) is 5.26 Å². The highest BCUT2D eigenvalue weighted by molar-refractivity contribution is 7.12. The maximum absolute atomic E-state index is 12.4. The van der Waals surface area contributed by atoms with Crippen LogP contribution in [0.15, 0.2) is 21.9 Å². The van der Waals surface area contributed by atoms with E-state index in [1.807, 2.05) is 27.3 Å². The van der Waals surface area contributed by atoms with Gasteiger partial charge in [-0.1, -0.05) is 6.07 Å². The predicted octanol–water partition coefficient (Wildman–Crippen LogP) is 2.45. The van der Waals surface area contributed by atoms with Gasteiger partial charge in [0.1, 0.15) is 6.07 Å². The van der Waals surface area contributed by atoms with Gasteiger partial charge < -0.3 is 14.2 Å². The lowest BCUT2D eigenvalue weighted by molar-refractivity contribution is 0.0750. The summed E-state index contributed by atoms with van der Waals surface area (Å²) >= 11 is 1.47. The topological polar surface area (TPSA) is 73.4 Å². The normalized spacial score (nSPS) is 18.0. The van der Waals surface area contributed by atoms with Gasteiger partial charge in [0.05, 0.1) is 4.88 Å². The Hall–Kier alpha value is -2.33. The van der Waals surface area contributed by atoms with Crippen molar-refractivity contribution >= 4 is 23.1 Å².